The van der Waals surface area contributed by atoms with E-state index < -0.39 is 0 Å². The second-order valence-electron chi connectivity index (χ2n) is 5.93. The molecule has 0 bridgehead atoms. The first-order valence-corrected chi connectivity index (χ1v) is 5.91. The second kappa shape index (κ2) is 3.84. The molecular formula is C12H20N4O. The molecule has 5 nitrogen and oxygen atoms in total. The number of nitrogens with two attached hydrogens (primary N) is 1. The van der Waals surface area contributed by atoms with E-state index in [2.05, 4.69) is 25.9 Å². The van der Waals surface area contributed by atoms with Gasteiger partial charge in [-0.05, 0) is 12.3 Å². The molecule has 1 saturated heterocycles. The largest absolute Gasteiger partial charge is 0.318 e. The first-order chi connectivity index (χ1) is 7.79. The van der Waals surface area contributed by atoms with Crippen LogP contribution < -0.4 is 10.6 Å². The number of anilines is 1. The number of nitrogens with zero attached hydrogens (tertiary/aromatic N) is 3. The van der Waals surface area contributed by atoms with Gasteiger partial charge < -0.3 is 10.6 Å². The molecular weight excluding hydrogens is 216 g/mol. The van der Waals surface area contributed by atoms with Gasteiger partial charge in [0.05, 0.1) is 17.9 Å². The Kier molecular flexibility index (Phi) is 2.73. The Balaban J connectivity index is 2.12. The van der Waals surface area contributed by atoms with Crippen LogP contribution in [0.5, 0.6) is 0 Å². The van der Waals surface area contributed by atoms with Gasteiger partial charge in [0.2, 0.25) is 5.91 Å². The molecule has 0 spiro atoms. The minimum Gasteiger partial charge on any atom is -0.318 e. The number of aromatic nitrogens is 2. The zero-order valence-corrected chi connectivity index (χ0v) is 10.8. The molecule has 2 heterocycles. The third-order valence-electron chi connectivity index (χ3n) is 2.98. The van der Waals surface area contributed by atoms with Gasteiger partial charge in [-0.15, -0.1) is 0 Å². The first-order valence-electron chi connectivity index (χ1n) is 5.91. The molecule has 1 aromatic heterocycles. The van der Waals surface area contributed by atoms with Crippen molar-refractivity contribution in [3.05, 3.63) is 12.4 Å². The summed E-state index contributed by atoms with van der Waals surface area (Å²) in [6, 6.07) is -0.296. The highest BCUT2D eigenvalue weighted by atomic mass is 16.2. The molecule has 5 heteroatoms. The number of rotatable bonds is 2. The Bertz CT molecular complexity index is 432. The van der Waals surface area contributed by atoms with Gasteiger partial charge in [0.1, 0.15) is 6.04 Å². The van der Waals surface area contributed by atoms with Gasteiger partial charge in [0.15, 0.2) is 0 Å². The van der Waals surface area contributed by atoms with E-state index in [-0.39, 0.29) is 23.4 Å². The van der Waals surface area contributed by atoms with Crippen LogP contribution in [-0.2, 0) is 11.3 Å². The molecule has 0 radical (unpaired) electrons. The lowest BCUT2D eigenvalue weighted by molar-refractivity contribution is -0.125. The summed E-state index contributed by atoms with van der Waals surface area (Å²) in [7, 11) is 0. The standard InChI is InChI=1S/C12H20N4O/c1-8-10(13)11(17)16(8)9-5-14-15(6-9)7-12(2,3)4/h5-6,8,10H,7,13H2,1-4H3/t8-,10+/m1/s1. The molecule has 0 saturated carbocycles. The molecule has 2 N–H and O–H groups in total. The van der Waals surface area contributed by atoms with E-state index >= 15 is 0 Å². The summed E-state index contributed by atoms with van der Waals surface area (Å²) in [5.74, 6) is -0.0205. The summed E-state index contributed by atoms with van der Waals surface area (Å²) in [6.07, 6.45) is 3.64. The maximum Gasteiger partial charge on any atom is 0.246 e. The quantitative estimate of drug-likeness (QED) is 0.779. The lowest BCUT2D eigenvalue weighted by atomic mass is 9.97. The molecule has 0 aliphatic carbocycles. The average molecular weight is 236 g/mol. The van der Waals surface area contributed by atoms with Crippen LogP contribution in [0.15, 0.2) is 12.4 Å². The van der Waals surface area contributed by atoms with Crippen LogP contribution in [0.25, 0.3) is 0 Å². The fourth-order valence-electron chi connectivity index (χ4n) is 2.06. The maximum atomic E-state index is 11.6. The summed E-state index contributed by atoms with van der Waals surface area (Å²) in [5.41, 5.74) is 6.70. The smallest absolute Gasteiger partial charge is 0.246 e. The summed E-state index contributed by atoms with van der Waals surface area (Å²) < 4.78 is 1.87. The monoisotopic (exact) mass is 236 g/mol. The molecule has 17 heavy (non-hydrogen) atoms. The highest BCUT2D eigenvalue weighted by molar-refractivity contribution is 6.05. The fraction of sp³-hybridized carbons (Fsp3) is 0.667. The van der Waals surface area contributed by atoms with Crippen molar-refractivity contribution in [3.8, 4) is 0 Å². The van der Waals surface area contributed by atoms with Gasteiger partial charge in [-0.2, -0.15) is 5.10 Å². The van der Waals surface area contributed by atoms with Crippen molar-refractivity contribution in [2.24, 2.45) is 11.1 Å². The summed E-state index contributed by atoms with van der Waals surface area (Å²) >= 11 is 0. The minimum atomic E-state index is -0.360. The van der Waals surface area contributed by atoms with Crippen LogP contribution in [0.1, 0.15) is 27.7 Å². The average Bonchev–Trinajstić information content (AvgIpc) is 2.63. The Morgan fingerprint density at radius 2 is 2.12 bits per heavy atom. The Morgan fingerprint density at radius 1 is 1.47 bits per heavy atom. The van der Waals surface area contributed by atoms with Crippen LogP contribution >= 0.6 is 0 Å². The molecule has 1 aliphatic heterocycles. The van der Waals surface area contributed by atoms with E-state index in [0.717, 1.165) is 12.2 Å². The van der Waals surface area contributed by atoms with E-state index in [9.17, 15) is 4.79 Å². The van der Waals surface area contributed by atoms with Crippen molar-refractivity contribution in [1.29, 1.82) is 0 Å². The third-order valence-corrected chi connectivity index (χ3v) is 2.98. The molecule has 0 aromatic carbocycles. The Morgan fingerprint density at radius 3 is 2.65 bits per heavy atom. The van der Waals surface area contributed by atoms with Crippen molar-refractivity contribution in [1.82, 2.24) is 9.78 Å². The van der Waals surface area contributed by atoms with Gasteiger partial charge in [-0.25, -0.2) is 0 Å². The lowest BCUT2D eigenvalue weighted by Crippen LogP contribution is -2.67. The van der Waals surface area contributed by atoms with E-state index in [0.29, 0.717) is 0 Å². The number of amides is 1. The van der Waals surface area contributed by atoms with Gasteiger partial charge in [-0.3, -0.25) is 9.48 Å². The van der Waals surface area contributed by atoms with E-state index in [1.165, 1.54) is 0 Å². The van der Waals surface area contributed by atoms with Crippen molar-refractivity contribution >= 4 is 11.6 Å². The van der Waals surface area contributed by atoms with Gasteiger partial charge in [0.25, 0.3) is 0 Å². The molecule has 1 amide bonds. The van der Waals surface area contributed by atoms with Crippen LogP contribution in [0.4, 0.5) is 5.69 Å². The highest BCUT2D eigenvalue weighted by Crippen LogP contribution is 2.27. The number of β-lactam (4-membered cyclic amide) rings is 1. The Hall–Kier alpha value is -1.36. The predicted molar refractivity (Wildman–Crippen MR) is 66.6 cm³/mol. The zero-order valence-electron chi connectivity index (χ0n) is 10.8. The highest BCUT2D eigenvalue weighted by Gasteiger charge is 2.43. The number of hydrogen-bond acceptors (Lipinski definition) is 3. The van der Waals surface area contributed by atoms with Crippen LogP contribution in [0.3, 0.4) is 0 Å². The van der Waals surface area contributed by atoms with Gasteiger partial charge in [0, 0.05) is 12.7 Å². The lowest BCUT2D eigenvalue weighted by Gasteiger charge is -2.42. The van der Waals surface area contributed by atoms with Crippen LogP contribution in [0, 0.1) is 5.41 Å². The summed E-state index contributed by atoms with van der Waals surface area (Å²) in [6.45, 7) is 9.24. The molecule has 1 aliphatic rings. The topological polar surface area (TPSA) is 64.2 Å². The zero-order chi connectivity index (χ0) is 12.8. The molecule has 2 rings (SSSR count). The number of hydrogen-bond donors (Lipinski definition) is 1. The normalized spacial score (nSPS) is 25.0. The van der Waals surface area contributed by atoms with Crippen molar-refractivity contribution in [2.75, 3.05) is 4.90 Å². The van der Waals surface area contributed by atoms with E-state index in [1.54, 1.807) is 11.1 Å². The van der Waals surface area contributed by atoms with Crippen LogP contribution in [-0.4, -0.2) is 27.8 Å². The Labute approximate surface area is 102 Å². The van der Waals surface area contributed by atoms with Gasteiger partial charge >= 0.3 is 0 Å². The summed E-state index contributed by atoms with van der Waals surface area (Å²) in [5, 5.41) is 4.28. The molecule has 1 fully saturated rings. The molecule has 1 aromatic rings. The predicted octanol–water partition coefficient (Wildman–Crippen LogP) is 0.992. The van der Waals surface area contributed by atoms with Crippen molar-refractivity contribution < 1.29 is 4.79 Å². The number of carbonyl (C=O) groups is 1. The third kappa shape index (κ3) is 2.20. The molecule has 2 atom stereocenters. The van der Waals surface area contributed by atoms with Gasteiger partial charge in [-0.1, -0.05) is 20.8 Å². The van der Waals surface area contributed by atoms with Crippen LogP contribution in [0.2, 0.25) is 0 Å². The molecule has 94 valence electrons. The minimum absolute atomic E-state index is 0.0205. The number of carbonyl (C=O) groups excluding carboxylic acids is 1. The van der Waals surface area contributed by atoms with E-state index in [4.69, 9.17) is 5.73 Å². The summed E-state index contributed by atoms with van der Waals surface area (Å²) in [4.78, 5) is 13.3. The first kappa shape index (κ1) is 12.1. The maximum absolute atomic E-state index is 11.6. The SMILES string of the molecule is C[C@@H]1[C@H](N)C(=O)N1c1cnn(CC(C)(C)C)c1. The van der Waals surface area contributed by atoms with E-state index in [1.807, 2.05) is 17.8 Å². The van der Waals surface area contributed by atoms with Crippen molar-refractivity contribution in [3.63, 3.8) is 0 Å². The molecule has 0 unspecified atom stereocenters. The fourth-order valence-corrected chi connectivity index (χ4v) is 2.06. The second-order valence-corrected chi connectivity index (χ2v) is 5.93. The van der Waals surface area contributed by atoms with Crippen molar-refractivity contribution in [2.45, 2.75) is 46.3 Å².